The Morgan fingerprint density at radius 1 is 1.36 bits per heavy atom. The highest BCUT2D eigenvalue weighted by Crippen LogP contribution is 2.29. The predicted octanol–water partition coefficient (Wildman–Crippen LogP) is 3.37. The number of carbonyl (C=O) groups is 1. The lowest BCUT2D eigenvalue weighted by Gasteiger charge is -2.37. The Kier molecular flexibility index (Phi) is 4.97. The van der Waals surface area contributed by atoms with Gasteiger partial charge in [-0.05, 0) is 37.0 Å². The van der Waals surface area contributed by atoms with Crippen LogP contribution < -0.4 is 10.2 Å². The highest BCUT2D eigenvalue weighted by molar-refractivity contribution is 5.91. The first-order valence-electron chi connectivity index (χ1n) is 8.77. The molecule has 2 amide bonds. The summed E-state index contributed by atoms with van der Waals surface area (Å²) in [6.07, 6.45) is 6.61. The Morgan fingerprint density at radius 2 is 2.16 bits per heavy atom. The van der Waals surface area contributed by atoms with Gasteiger partial charge in [0.15, 0.2) is 0 Å². The molecule has 1 aromatic carbocycles. The third-order valence-electron chi connectivity index (χ3n) is 5.14. The molecule has 1 aliphatic heterocycles. The maximum atomic E-state index is 12.8. The first-order valence-corrected chi connectivity index (χ1v) is 8.77. The van der Waals surface area contributed by atoms with Crippen molar-refractivity contribution < 1.29 is 4.79 Å². The number of anilines is 2. The van der Waals surface area contributed by atoms with E-state index < -0.39 is 0 Å². The Labute approximate surface area is 149 Å². The van der Waals surface area contributed by atoms with E-state index in [0.29, 0.717) is 12.5 Å². The van der Waals surface area contributed by atoms with Gasteiger partial charge < -0.3 is 19.7 Å². The standard InChI is InChI=1S/C19H27N5O/c1-14-8-10-23(12-18(14)24-11-9-20-13-24)19(25)21-16-6-5-7-17(15(16)2)22(3)4/h5-7,9,11,13-14,18H,8,10,12H2,1-4H3,(H,21,25)/t14-,18+/m0/s1. The summed E-state index contributed by atoms with van der Waals surface area (Å²) in [5, 5.41) is 3.09. The summed E-state index contributed by atoms with van der Waals surface area (Å²) in [5.41, 5.74) is 3.06. The molecule has 0 radical (unpaired) electrons. The van der Waals surface area contributed by atoms with Crippen molar-refractivity contribution >= 4 is 17.4 Å². The zero-order chi connectivity index (χ0) is 18.0. The van der Waals surface area contributed by atoms with Gasteiger partial charge in [-0.1, -0.05) is 13.0 Å². The van der Waals surface area contributed by atoms with Gasteiger partial charge >= 0.3 is 6.03 Å². The SMILES string of the molecule is Cc1c(NC(=O)N2CC[C@H](C)[C@H](n3ccnc3)C2)cccc1N(C)C. The number of hydrogen-bond donors (Lipinski definition) is 1. The average Bonchev–Trinajstić information content (AvgIpc) is 3.11. The molecular formula is C19H27N5O. The fourth-order valence-electron chi connectivity index (χ4n) is 3.52. The molecule has 0 saturated carbocycles. The van der Waals surface area contributed by atoms with E-state index >= 15 is 0 Å². The summed E-state index contributed by atoms with van der Waals surface area (Å²) in [7, 11) is 4.02. The molecule has 1 aliphatic rings. The van der Waals surface area contributed by atoms with Crippen molar-refractivity contribution in [3.05, 3.63) is 42.5 Å². The molecule has 3 rings (SSSR count). The van der Waals surface area contributed by atoms with Crippen molar-refractivity contribution in [3.8, 4) is 0 Å². The summed E-state index contributed by atoms with van der Waals surface area (Å²) in [6, 6.07) is 6.24. The van der Waals surface area contributed by atoms with Crippen molar-refractivity contribution in [3.63, 3.8) is 0 Å². The molecule has 2 atom stereocenters. The van der Waals surface area contributed by atoms with Crippen LogP contribution in [0, 0.1) is 12.8 Å². The highest BCUT2D eigenvalue weighted by Gasteiger charge is 2.30. The van der Waals surface area contributed by atoms with Gasteiger partial charge in [0.25, 0.3) is 0 Å². The molecule has 1 N–H and O–H groups in total. The Bertz CT molecular complexity index is 725. The van der Waals surface area contributed by atoms with Gasteiger partial charge in [-0.3, -0.25) is 0 Å². The third-order valence-corrected chi connectivity index (χ3v) is 5.14. The number of hydrogen-bond acceptors (Lipinski definition) is 3. The first kappa shape index (κ1) is 17.3. The van der Waals surface area contributed by atoms with Crippen LogP contribution in [0.5, 0.6) is 0 Å². The zero-order valence-electron chi connectivity index (χ0n) is 15.4. The van der Waals surface area contributed by atoms with Crippen LogP contribution in [0.15, 0.2) is 36.9 Å². The molecule has 0 spiro atoms. The second-order valence-electron chi connectivity index (χ2n) is 7.06. The molecule has 1 aromatic heterocycles. The van der Waals surface area contributed by atoms with Gasteiger partial charge in [0.05, 0.1) is 12.4 Å². The zero-order valence-corrected chi connectivity index (χ0v) is 15.4. The lowest BCUT2D eigenvalue weighted by molar-refractivity contribution is 0.149. The van der Waals surface area contributed by atoms with Crippen LogP contribution in [-0.2, 0) is 0 Å². The van der Waals surface area contributed by atoms with E-state index in [0.717, 1.165) is 29.9 Å². The fourth-order valence-corrected chi connectivity index (χ4v) is 3.52. The summed E-state index contributed by atoms with van der Waals surface area (Å²) >= 11 is 0. The number of carbonyl (C=O) groups excluding carboxylic acids is 1. The van der Waals surface area contributed by atoms with Crippen LogP contribution in [0.25, 0.3) is 0 Å². The number of piperidine rings is 1. The van der Waals surface area contributed by atoms with E-state index in [4.69, 9.17) is 0 Å². The number of aromatic nitrogens is 2. The van der Waals surface area contributed by atoms with Crippen LogP contribution in [0.2, 0.25) is 0 Å². The van der Waals surface area contributed by atoms with Crippen molar-refractivity contribution in [2.75, 3.05) is 37.4 Å². The second kappa shape index (κ2) is 7.17. The monoisotopic (exact) mass is 341 g/mol. The summed E-state index contributed by atoms with van der Waals surface area (Å²) in [5.74, 6) is 0.525. The number of urea groups is 1. The van der Waals surface area contributed by atoms with Crippen LogP contribution in [0.4, 0.5) is 16.2 Å². The van der Waals surface area contributed by atoms with Gasteiger partial charge in [0, 0.05) is 51.0 Å². The first-order chi connectivity index (χ1) is 12.0. The molecule has 6 nitrogen and oxygen atoms in total. The second-order valence-corrected chi connectivity index (χ2v) is 7.06. The van der Waals surface area contributed by atoms with Crippen molar-refractivity contribution in [2.24, 2.45) is 5.92 Å². The Balaban J connectivity index is 1.72. The largest absolute Gasteiger partial charge is 0.377 e. The van der Waals surface area contributed by atoms with E-state index in [1.54, 1.807) is 6.20 Å². The lowest BCUT2D eigenvalue weighted by Crippen LogP contribution is -2.45. The number of likely N-dealkylation sites (tertiary alicyclic amines) is 1. The topological polar surface area (TPSA) is 53.4 Å². The molecule has 1 saturated heterocycles. The quantitative estimate of drug-likeness (QED) is 0.931. The van der Waals surface area contributed by atoms with Gasteiger partial charge in [-0.25, -0.2) is 9.78 Å². The number of rotatable bonds is 3. The smallest absolute Gasteiger partial charge is 0.321 e. The predicted molar refractivity (Wildman–Crippen MR) is 101 cm³/mol. The summed E-state index contributed by atoms with van der Waals surface area (Å²) in [4.78, 5) is 20.9. The highest BCUT2D eigenvalue weighted by atomic mass is 16.2. The molecule has 0 aliphatic carbocycles. The van der Waals surface area contributed by atoms with Gasteiger partial charge in [0.1, 0.15) is 0 Å². The minimum absolute atomic E-state index is 0.0315. The third kappa shape index (κ3) is 3.62. The number of imidazole rings is 1. The van der Waals surface area contributed by atoms with Gasteiger partial charge in [-0.15, -0.1) is 0 Å². The molecule has 134 valence electrons. The summed E-state index contributed by atoms with van der Waals surface area (Å²) in [6.45, 7) is 5.77. The number of nitrogens with zero attached hydrogens (tertiary/aromatic N) is 4. The summed E-state index contributed by atoms with van der Waals surface area (Å²) < 4.78 is 2.11. The molecule has 6 heteroatoms. The van der Waals surface area contributed by atoms with E-state index in [-0.39, 0.29) is 12.1 Å². The van der Waals surface area contributed by atoms with Crippen molar-refractivity contribution in [2.45, 2.75) is 26.3 Å². The van der Waals surface area contributed by atoms with Gasteiger partial charge in [0.2, 0.25) is 0 Å². The van der Waals surface area contributed by atoms with Crippen LogP contribution in [0.1, 0.15) is 24.9 Å². The molecule has 1 fully saturated rings. The molecule has 25 heavy (non-hydrogen) atoms. The average molecular weight is 341 g/mol. The van der Waals surface area contributed by atoms with Crippen LogP contribution in [0.3, 0.4) is 0 Å². The minimum atomic E-state index is -0.0315. The number of nitrogens with one attached hydrogen (secondary N) is 1. The number of benzene rings is 1. The Hall–Kier alpha value is -2.50. The maximum absolute atomic E-state index is 12.8. The fraction of sp³-hybridized carbons (Fsp3) is 0.474. The van der Waals surface area contributed by atoms with Crippen LogP contribution >= 0.6 is 0 Å². The van der Waals surface area contributed by atoms with E-state index in [9.17, 15) is 4.79 Å². The molecule has 2 aromatic rings. The number of amides is 2. The normalized spacial score (nSPS) is 20.4. The van der Waals surface area contributed by atoms with Crippen LogP contribution in [-0.4, -0.2) is 47.7 Å². The molecular weight excluding hydrogens is 314 g/mol. The lowest BCUT2D eigenvalue weighted by atomic mass is 9.93. The Morgan fingerprint density at radius 3 is 2.84 bits per heavy atom. The minimum Gasteiger partial charge on any atom is -0.377 e. The van der Waals surface area contributed by atoms with E-state index in [2.05, 4.69) is 32.8 Å². The van der Waals surface area contributed by atoms with Gasteiger partial charge in [-0.2, -0.15) is 0 Å². The molecule has 0 bridgehead atoms. The van der Waals surface area contributed by atoms with E-state index in [1.165, 1.54) is 0 Å². The van der Waals surface area contributed by atoms with Crippen molar-refractivity contribution in [1.29, 1.82) is 0 Å². The van der Waals surface area contributed by atoms with E-state index in [1.807, 2.05) is 50.6 Å². The maximum Gasteiger partial charge on any atom is 0.321 e. The molecule has 2 heterocycles. The van der Waals surface area contributed by atoms with Crippen molar-refractivity contribution in [1.82, 2.24) is 14.5 Å². The molecule has 0 unspecified atom stereocenters.